The number of hydrogen-bond acceptors (Lipinski definition) is 9. The molecule has 0 unspecified atom stereocenters. The molecule has 2 heterocycles. The molecule has 1 amide bonds. The quantitative estimate of drug-likeness (QED) is 0.305. The van der Waals surface area contributed by atoms with E-state index in [0.717, 1.165) is 18.8 Å². The standard InChI is InChI=1S/C26H28FN7O3/c1-6-23(35)29-18-13-19(21(36-5)14-20(18)34(4)11-10-33(2)3)30-26-28-15-22-25(31-26)24(32-37-22)16-8-7-9-17(27)12-16/h6-9,12-15H,1,10-11H2,2-5H3,(H,29,35)(H,28,30,31). The van der Waals surface area contributed by atoms with E-state index in [2.05, 4.69) is 37.2 Å². The first-order chi connectivity index (χ1) is 17.8. The van der Waals surface area contributed by atoms with Crippen molar-refractivity contribution < 1.29 is 18.4 Å². The number of aromatic nitrogens is 3. The molecule has 2 N–H and O–H groups in total. The number of carbonyl (C=O) groups excluding carboxylic acids is 1. The summed E-state index contributed by atoms with van der Waals surface area (Å²) in [5.41, 5.74) is 3.54. The summed E-state index contributed by atoms with van der Waals surface area (Å²) < 4.78 is 24.8. The normalized spacial score (nSPS) is 11.0. The minimum atomic E-state index is -0.393. The average Bonchev–Trinajstić information content (AvgIpc) is 3.30. The van der Waals surface area contributed by atoms with Gasteiger partial charge < -0.3 is 29.7 Å². The number of anilines is 4. The molecule has 192 valence electrons. The summed E-state index contributed by atoms with van der Waals surface area (Å²) in [6.07, 6.45) is 2.69. The van der Waals surface area contributed by atoms with Crippen LogP contribution in [0.2, 0.25) is 0 Å². The molecule has 0 aliphatic heterocycles. The molecule has 37 heavy (non-hydrogen) atoms. The van der Waals surface area contributed by atoms with Crippen molar-refractivity contribution in [3.63, 3.8) is 0 Å². The summed E-state index contributed by atoms with van der Waals surface area (Å²) in [7, 11) is 7.48. The van der Waals surface area contributed by atoms with Crippen LogP contribution in [-0.4, -0.2) is 67.3 Å². The molecule has 10 nitrogen and oxygen atoms in total. The minimum absolute atomic E-state index is 0.237. The first kappa shape index (κ1) is 25.6. The highest BCUT2D eigenvalue weighted by atomic mass is 19.1. The number of likely N-dealkylation sites (N-methyl/N-ethyl adjacent to an activating group) is 2. The lowest BCUT2D eigenvalue weighted by Crippen LogP contribution is -2.29. The van der Waals surface area contributed by atoms with Gasteiger partial charge in [0.25, 0.3) is 0 Å². The Kier molecular flexibility index (Phi) is 7.63. The zero-order chi connectivity index (χ0) is 26.5. The molecular weight excluding hydrogens is 477 g/mol. The van der Waals surface area contributed by atoms with E-state index in [9.17, 15) is 9.18 Å². The van der Waals surface area contributed by atoms with Gasteiger partial charge in [0.15, 0.2) is 0 Å². The second-order valence-corrected chi connectivity index (χ2v) is 8.56. The predicted molar refractivity (Wildman–Crippen MR) is 142 cm³/mol. The third-order valence-electron chi connectivity index (χ3n) is 5.61. The van der Waals surface area contributed by atoms with Crippen molar-refractivity contribution in [3.8, 4) is 17.0 Å². The highest BCUT2D eigenvalue weighted by molar-refractivity contribution is 6.02. The lowest BCUT2D eigenvalue weighted by Gasteiger charge is -2.25. The fourth-order valence-corrected chi connectivity index (χ4v) is 3.66. The van der Waals surface area contributed by atoms with Gasteiger partial charge in [-0.25, -0.2) is 14.4 Å². The summed E-state index contributed by atoms with van der Waals surface area (Å²) >= 11 is 0. The number of hydrogen-bond donors (Lipinski definition) is 2. The Balaban J connectivity index is 1.72. The molecule has 0 bridgehead atoms. The number of ether oxygens (including phenoxy) is 1. The van der Waals surface area contributed by atoms with Crippen LogP contribution in [0.5, 0.6) is 5.75 Å². The van der Waals surface area contributed by atoms with E-state index in [0.29, 0.717) is 39.5 Å². The maximum Gasteiger partial charge on any atom is 0.247 e. The number of fused-ring (bicyclic) bond motifs is 1. The van der Waals surface area contributed by atoms with Crippen molar-refractivity contribution in [1.29, 1.82) is 0 Å². The Morgan fingerprint density at radius 1 is 1.19 bits per heavy atom. The molecular formula is C26H28FN7O3. The van der Waals surface area contributed by atoms with Crippen LogP contribution in [0.4, 0.5) is 27.4 Å². The van der Waals surface area contributed by atoms with Gasteiger partial charge in [0, 0.05) is 31.8 Å². The van der Waals surface area contributed by atoms with E-state index >= 15 is 0 Å². The minimum Gasteiger partial charge on any atom is -0.494 e. The molecule has 0 fully saturated rings. The Morgan fingerprint density at radius 2 is 2.00 bits per heavy atom. The molecule has 0 saturated carbocycles. The van der Waals surface area contributed by atoms with Gasteiger partial charge >= 0.3 is 0 Å². The van der Waals surface area contributed by atoms with E-state index in [1.807, 2.05) is 32.1 Å². The van der Waals surface area contributed by atoms with Crippen molar-refractivity contribution in [2.45, 2.75) is 0 Å². The zero-order valence-electron chi connectivity index (χ0n) is 21.1. The number of benzene rings is 2. The SMILES string of the molecule is C=CC(=O)Nc1cc(Nc2ncc3onc(-c4cccc(F)c4)c3n2)c(OC)cc1N(C)CCN(C)C. The molecule has 0 aliphatic carbocycles. The van der Waals surface area contributed by atoms with Crippen LogP contribution in [-0.2, 0) is 4.79 Å². The first-order valence-electron chi connectivity index (χ1n) is 11.5. The molecule has 0 atom stereocenters. The number of carbonyl (C=O) groups is 1. The summed E-state index contributed by atoms with van der Waals surface area (Å²) in [5, 5.41) is 10.1. The Bertz CT molecular complexity index is 1440. The molecule has 4 aromatic rings. The molecule has 0 spiro atoms. The number of methoxy groups -OCH3 is 1. The number of rotatable bonds is 10. The smallest absolute Gasteiger partial charge is 0.247 e. The zero-order valence-corrected chi connectivity index (χ0v) is 21.1. The largest absolute Gasteiger partial charge is 0.494 e. The number of nitrogens with one attached hydrogen (secondary N) is 2. The lowest BCUT2D eigenvalue weighted by atomic mass is 10.1. The van der Waals surface area contributed by atoms with Crippen molar-refractivity contribution in [2.75, 3.05) is 56.9 Å². The van der Waals surface area contributed by atoms with Crippen molar-refractivity contribution >= 4 is 40.0 Å². The van der Waals surface area contributed by atoms with Crippen LogP contribution in [0.15, 0.2) is 59.8 Å². The van der Waals surface area contributed by atoms with Crippen molar-refractivity contribution in [1.82, 2.24) is 20.0 Å². The van der Waals surface area contributed by atoms with Crippen LogP contribution in [0.1, 0.15) is 0 Å². The van der Waals surface area contributed by atoms with E-state index < -0.39 is 5.82 Å². The van der Waals surface area contributed by atoms with Gasteiger partial charge in [-0.1, -0.05) is 23.9 Å². The van der Waals surface area contributed by atoms with Gasteiger partial charge in [-0.2, -0.15) is 0 Å². The van der Waals surface area contributed by atoms with Gasteiger partial charge in [0.2, 0.25) is 17.4 Å². The van der Waals surface area contributed by atoms with Crippen molar-refractivity contribution in [2.24, 2.45) is 0 Å². The Labute approximate surface area is 213 Å². The molecule has 0 radical (unpaired) electrons. The van der Waals surface area contributed by atoms with Gasteiger partial charge in [-0.3, -0.25) is 4.79 Å². The maximum absolute atomic E-state index is 13.8. The third kappa shape index (κ3) is 5.84. The molecule has 0 saturated heterocycles. The molecule has 2 aromatic carbocycles. The monoisotopic (exact) mass is 505 g/mol. The van der Waals surface area contributed by atoms with Crippen LogP contribution in [0, 0.1) is 5.82 Å². The van der Waals surface area contributed by atoms with Crippen LogP contribution >= 0.6 is 0 Å². The fraction of sp³-hybridized carbons (Fsp3) is 0.231. The molecule has 2 aromatic heterocycles. The Morgan fingerprint density at radius 3 is 2.70 bits per heavy atom. The lowest BCUT2D eigenvalue weighted by molar-refractivity contribution is -0.111. The average molecular weight is 506 g/mol. The molecule has 4 rings (SSSR count). The van der Waals surface area contributed by atoms with E-state index in [1.54, 1.807) is 25.3 Å². The third-order valence-corrected chi connectivity index (χ3v) is 5.61. The molecule has 0 aliphatic rings. The predicted octanol–water partition coefficient (Wildman–Crippen LogP) is 4.30. The number of nitrogens with zero attached hydrogens (tertiary/aromatic N) is 5. The van der Waals surface area contributed by atoms with Crippen LogP contribution in [0.3, 0.4) is 0 Å². The fourth-order valence-electron chi connectivity index (χ4n) is 3.66. The van der Waals surface area contributed by atoms with Crippen LogP contribution < -0.4 is 20.3 Å². The van der Waals surface area contributed by atoms with Crippen LogP contribution in [0.25, 0.3) is 22.4 Å². The maximum atomic E-state index is 13.8. The van der Waals surface area contributed by atoms with Gasteiger partial charge in [-0.15, -0.1) is 0 Å². The first-order valence-corrected chi connectivity index (χ1v) is 11.5. The second-order valence-electron chi connectivity index (χ2n) is 8.56. The van der Waals surface area contributed by atoms with Gasteiger partial charge in [0.05, 0.1) is 30.4 Å². The highest BCUT2D eigenvalue weighted by Crippen LogP contribution is 2.38. The molecule has 11 heteroatoms. The number of halogens is 1. The van der Waals surface area contributed by atoms with E-state index in [4.69, 9.17) is 9.26 Å². The summed E-state index contributed by atoms with van der Waals surface area (Å²) in [6.45, 7) is 5.08. The number of amides is 1. The Hall–Kier alpha value is -4.51. The van der Waals surface area contributed by atoms with E-state index in [-0.39, 0.29) is 11.9 Å². The summed E-state index contributed by atoms with van der Waals surface area (Å²) in [6, 6.07) is 9.59. The van der Waals surface area contributed by atoms with E-state index in [1.165, 1.54) is 24.4 Å². The van der Waals surface area contributed by atoms with Crippen molar-refractivity contribution in [3.05, 3.63) is 61.1 Å². The van der Waals surface area contributed by atoms with Gasteiger partial charge in [0.1, 0.15) is 22.8 Å². The summed E-state index contributed by atoms with van der Waals surface area (Å²) in [4.78, 5) is 25.1. The highest BCUT2D eigenvalue weighted by Gasteiger charge is 2.18. The van der Waals surface area contributed by atoms with Gasteiger partial charge in [-0.05, 0) is 38.4 Å². The second kappa shape index (κ2) is 11.0. The topological polar surface area (TPSA) is 109 Å². The summed E-state index contributed by atoms with van der Waals surface area (Å²) in [5.74, 6) is 0.0137.